The molecule has 1 unspecified atom stereocenters. The first kappa shape index (κ1) is 32.0. The number of hydrogen-bond donors (Lipinski definition) is 0. The maximum absolute atomic E-state index is 13.2. The van der Waals surface area contributed by atoms with Crippen LogP contribution in [0.4, 0.5) is 5.69 Å². The van der Waals surface area contributed by atoms with E-state index in [4.69, 9.17) is 18.7 Å². The Kier molecular flexibility index (Phi) is 18.8. The van der Waals surface area contributed by atoms with Gasteiger partial charge in [-0.1, -0.05) is 18.6 Å². The van der Waals surface area contributed by atoms with Crippen molar-refractivity contribution in [3.05, 3.63) is 24.3 Å². The summed E-state index contributed by atoms with van der Waals surface area (Å²) in [5.41, 5.74) is 0.744. The number of unbranched alkanes of at least 4 members (excludes halogenated alkanes) is 4. The van der Waals surface area contributed by atoms with Crippen molar-refractivity contribution in [2.45, 2.75) is 78.6 Å². The van der Waals surface area contributed by atoms with E-state index in [9.17, 15) is 14.2 Å². The van der Waals surface area contributed by atoms with Crippen LogP contribution in [0.15, 0.2) is 24.3 Å². The molecule has 0 radical (unpaired) electrons. The molecule has 1 aromatic rings. The summed E-state index contributed by atoms with van der Waals surface area (Å²) in [6.45, 7) is 8.78. The number of nitrogens with zero attached hydrogens (tertiary/aromatic N) is 1. The summed E-state index contributed by atoms with van der Waals surface area (Å²) < 4.78 is 33.2. The van der Waals surface area contributed by atoms with Gasteiger partial charge in [0.15, 0.2) is 6.16 Å². The molecule has 9 heteroatoms. The maximum Gasteiger partial charge on any atom is 0.508 e. The number of carbonyl (C=O) groups excluding carboxylic acids is 2. The van der Waals surface area contributed by atoms with Crippen molar-refractivity contribution in [3.63, 3.8) is 0 Å². The predicted molar refractivity (Wildman–Crippen MR) is 143 cm³/mol. The summed E-state index contributed by atoms with van der Waals surface area (Å²) in [4.78, 5) is 26.6. The highest BCUT2D eigenvalue weighted by molar-refractivity contribution is 7.39. The molecule has 0 aliphatic carbocycles. The van der Waals surface area contributed by atoms with Gasteiger partial charge in [0.1, 0.15) is 5.75 Å². The lowest BCUT2D eigenvalue weighted by molar-refractivity contribution is -0.143. The highest BCUT2D eigenvalue weighted by atomic mass is 31.1. The van der Waals surface area contributed by atoms with E-state index in [-0.39, 0.29) is 11.9 Å². The molecular weight excluding hydrogens is 481 g/mol. The van der Waals surface area contributed by atoms with Crippen LogP contribution in [0.25, 0.3) is 0 Å². The Balaban J connectivity index is 2.73. The molecule has 0 aromatic heterocycles. The monoisotopic (exact) mass is 526 g/mol. The van der Waals surface area contributed by atoms with Gasteiger partial charge in [-0.3, -0.25) is 9.59 Å². The van der Waals surface area contributed by atoms with Gasteiger partial charge in [0.2, 0.25) is 5.91 Å². The van der Waals surface area contributed by atoms with Crippen molar-refractivity contribution >= 4 is 25.6 Å². The highest BCUT2D eigenvalue weighted by Gasteiger charge is 2.20. The molecule has 0 heterocycles. The van der Waals surface area contributed by atoms with Crippen LogP contribution in [-0.4, -0.2) is 57.6 Å². The lowest BCUT2D eigenvalue weighted by Crippen LogP contribution is -2.32. The molecular formula is C27H45NO7P+. The quantitative estimate of drug-likeness (QED) is 0.0996. The van der Waals surface area contributed by atoms with Gasteiger partial charge in [-0.05, 0) is 76.0 Å². The minimum Gasteiger partial charge on any atom is -0.491 e. The molecule has 36 heavy (non-hydrogen) atoms. The number of anilines is 1. The molecule has 0 fully saturated rings. The number of hydrogen-bond acceptors (Lipinski definition) is 7. The molecule has 204 valence electrons. The Morgan fingerprint density at radius 3 is 2.36 bits per heavy atom. The fourth-order valence-electron chi connectivity index (χ4n) is 3.65. The Morgan fingerprint density at radius 1 is 0.833 bits per heavy atom. The smallest absolute Gasteiger partial charge is 0.491 e. The van der Waals surface area contributed by atoms with Gasteiger partial charge in [0, 0.05) is 32.6 Å². The summed E-state index contributed by atoms with van der Waals surface area (Å²) in [5.74, 6) is 0.460. The first-order valence-corrected chi connectivity index (χ1v) is 14.7. The largest absolute Gasteiger partial charge is 0.508 e. The predicted octanol–water partition coefficient (Wildman–Crippen LogP) is 6.29. The zero-order valence-corrected chi connectivity index (χ0v) is 23.3. The fraction of sp³-hybridized carbons (Fsp3) is 0.704. The topological polar surface area (TPSA) is 91.4 Å². The van der Waals surface area contributed by atoms with E-state index < -0.39 is 8.03 Å². The molecule has 0 saturated carbocycles. The number of rotatable bonds is 22. The number of carbonyl (C=O) groups is 2. The Labute approximate surface area is 217 Å². The van der Waals surface area contributed by atoms with Gasteiger partial charge >= 0.3 is 14.0 Å². The van der Waals surface area contributed by atoms with Crippen molar-refractivity contribution in [1.82, 2.24) is 0 Å². The van der Waals surface area contributed by atoms with Crippen LogP contribution in [0.1, 0.15) is 78.6 Å². The van der Waals surface area contributed by atoms with Gasteiger partial charge in [0.25, 0.3) is 0 Å². The normalized spacial score (nSPS) is 11.2. The Bertz CT molecular complexity index is 759. The molecule has 0 spiro atoms. The number of ether oxygens (including phenoxy) is 3. The highest BCUT2D eigenvalue weighted by Crippen LogP contribution is 2.30. The third kappa shape index (κ3) is 14.5. The molecule has 0 aliphatic rings. The number of amides is 1. The van der Waals surface area contributed by atoms with Crippen LogP contribution in [-0.2, 0) is 28.2 Å². The average Bonchev–Trinajstić information content (AvgIpc) is 2.87. The third-order valence-electron chi connectivity index (χ3n) is 5.42. The van der Waals surface area contributed by atoms with Gasteiger partial charge in [-0.15, -0.1) is 4.52 Å². The van der Waals surface area contributed by atoms with Crippen LogP contribution in [0, 0.1) is 0 Å². The van der Waals surface area contributed by atoms with Crippen LogP contribution >= 0.6 is 8.03 Å². The van der Waals surface area contributed by atoms with Gasteiger partial charge in [-0.2, -0.15) is 0 Å². The second kappa shape index (κ2) is 21.1. The molecule has 0 aliphatic heterocycles. The Hall–Kier alpha value is -2.02. The van der Waals surface area contributed by atoms with Crippen molar-refractivity contribution < 1.29 is 32.9 Å². The van der Waals surface area contributed by atoms with Crippen LogP contribution in [0.2, 0.25) is 0 Å². The molecule has 1 rings (SSSR count). The van der Waals surface area contributed by atoms with Gasteiger partial charge in [0.05, 0.1) is 25.5 Å². The van der Waals surface area contributed by atoms with Gasteiger partial charge in [-0.25, -0.2) is 0 Å². The first-order valence-electron chi connectivity index (χ1n) is 13.4. The summed E-state index contributed by atoms with van der Waals surface area (Å²) in [6, 6.07) is 7.54. The van der Waals surface area contributed by atoms with Crippen LogP contribution < -0.4 is 9.64 Å². The molecule has 0 N–H and O–H groups in total. The molecule has 0 bridgehead atoms. The first-order chi connectivity index (χ1) is 17.5. The van der Waals surface area contributed by atoms with Gasteiger partial charge < -0.3 is 19.1 Å². The van der Waals surface area contributed by atoms with E-state index in [1.165, 1.54) is 0 Å². The maximum atomic E-state index is 13.2. The van der Waals surface area contributed by atoms with E-state index in [2.05, 4.69) is 0 Å². The third-order valence-corrected chi connectivity index (χ3v) is 6.65. The van der Waals surface area contributed by atoms with E-state index >= 15 is 0 Å². The number of esters is 1. The van der Waals surface area contributed by atoms with Crippen LogP contribution in [0.5, 0.6) is 5.75 Å². The lowest BCUT2D eigenvalue weighted by atomic mass is 10.1. The zero-order valence-electron chi connectivity index (χ0n) is 22.4. The number of benzene rings is 1. The molecule has 1 aromatic carbocycles. The van der Waals surface area contributed by atoms with Crippen molar-refractivity contribution in [2.75, 3.05) is 50.6 Å². The summed E-state index contributed by atoms with van der Waals surface area (Å²) in [6.07, 6.45) is 6.97. The minimum atomic E-state index is -1.60. The fourth-order valence-corrected chi connectivity index (χ4v) is 4.54. The van der Waals surface area contributed by atoms with Crippen LogP contribution in [0.3, 0.4) is 0 Å². The second-order valence-corrected chi connectivity index (χ2v) is 9.68. The Morgan fingerprint density at radius 2 is 1.61 bits per heavy atom. The molecule has 1 atom stereocenters. The minimum absolute atomic E-state index is 0.0642. The average molecular weight is 527 g/mol. The number of para-hydroxylation sites is 2. The van der Waals surface area contributed by atoms with Crippen molar-refractivity contribution in [3.8, 4) is 5.75 Å². The van der Waals surface area contributed by atoms with E-state index in [0.29, 0.717) is 64.1 Å². The SMILES string of the molecule is CCOCCCCCC(=O)N(CCCCC[P+](=O)OCC)c1ccccc1OCCCC(=O)OCC. The lowest BCUT2D eigenvalue weighted by Gasteiger charge is -2.25. The summed E-state index contributed by atoms with van der Waals surface area (Å²) >= 11 is 0. The van der Waals surface area contributed by atoms with Crippen molar-refractivity contribution in [1.29, 1.82) is 0 Å². The van der Waals surface area contributed by atoms with Crippen molar-refractivity contribution in [2.24, 2.45) is 0 Å². The van der Waals surface area contributed by atoms with E-state index in [1.54, 1.807) is 6.92 Å². The van der Waals surface area contributed by atoms with E-state index in [1.807, 2.05) is 43.0 Å². The summed E-state index contributed by atoms with van der Waals surface area (Å²) in [5, 5.41) is 0. The molecule has 1 amide bonds. The zero-order chi connectivity index (χ0) is 26.4. The standard InChI is InChI=1S/C27H45NO7P/c1-4-32-21-13-7-9-18-26(29)28(20-12-8-14-23-36(31)35-6-3)24-16-10-11-17-25(24)34-22-15-19-27(30)33-5-2/h10-11,16-17H,4-9,12-15,18-23H2,1-3H3/q+1. The second-order valence-electron chi connectivity index (χ2n) is 8.31. The molecule has 0 saturated heterocycles. The summed E-state index contributed by atoms with van der Waals surface area (Å²) in [7, 11) is -1.60. The molecule has 8 nitrogen and oxygen atoms in total. The van der Waals surface area contributed by atoms with E-state index in [0.717, 1.165) is 50.8 Å².